The number of piperidine rings is 1. The molecule has 1 aromatic carbocycles. The smallest absolute Gasteiger partial charge is 0.0294 e. The molecule has 0 aromatic heterocycles. The molecule has 3 rings (SSSR count). The maximum absolute atomic E-state index is 3.56. The monoisotopic (exact) mass is 301 g/mol. The van der Waals surface area contributed by atoms with Crippen LogP contribution in [0.4, 0.5) is 0 Å². The van der Waals surface area contributed by atoms with Crippen LogP contribution < -0.4 is 10.9 Å². The van der Waals surface area contributed by atoms with E-state index in [0.717, 1.165) is 18.4 Å². The van der Waals surface area contributed by atoms with Crippen molar-refractivity contribution in [1.29, 1.82) is 0 Å². The molecule has 2 heterocycles. The number of rotatable bonds is 5. The molecular weight excluding hydrogens is 270 g/mol. The Morgan fingerprint density at radius 3 is 2.86 bits per heavy atom. The number of hydrogen-bond donors (Lipinski definition) is 2. The van der Waals surface area contributed by atoms with Crippen molar-refractivity contribution in [3.8, 4) is 0 Å². The summed E-state index contributed by atoms with van der Waals surface area (Å²) in [7, 11) is 0. The summed E-state index contributed by atoms with van der Waals surface area (Å²) in [5.74, 6) is 2.23. The van der Waals surface area contributed by atoms with Crippen LogP contribution in [0.25, 0.3) is 0 Å². The highest BCUT2D eigenvalue weighted by molar-refractivity contribution is 5.19. The van der Waals surface area contributed by atoms with E-state index in [1.54, 1.807) is 0 Å². The van der Waals surface area contributed by atoms with Gasteiger partial charge in [-0.3, -0.25) is 10.9 Å². The molecule has 2 N–H and O–H groups in total. The van der Waals surface area contributed by atoms with E-state index in [-0.39, 0.29) is 0 Å². The van der Waals surface area contributed by atoms with Crippen LogP contribution in [0.3, 0.4) is 0 Å². The van der Waals surface area contributed by atoms with E-state index < -0.39 is 0 Å². The van der Waals surface area contributed by atoms with E-state index in [1.807, 2.05) is 0 Å². The fraction of sp³-hybridized carbons (Fsp3) is 0.684. The van der Waals surface area contributed by atoms with E-state index in [9.17, 15) is 0 Å². The molecule has 3 nitrogen and oxygen atoms in total. The largest absolute Gasteiger partial charge is 0.302 e. The van der Waals surface area contributed by atoms with E-state index in [4.69, 9.17) is 0 Å². The van der Waals surface area contributed by atoms with Gasteiger partial charge in [0.25, 0.3) is 0 Å². The van der Waals surface area contributed by atoms with Gasteiger partial charge in [-0.15, -0.1) is 0 Å². The third-order valence-electron chi connectivity index (χ3n) is 5.62. The third kappa shape index (κ3) is 3.70. The van der Waals surface area contributed by atoms with Gasteiger partial charge in [0.05, 0.1) is 0 Å². The molecule has 4 atom stereocenters. The number of nitrogens with one attached hydrogen (secondary N) is 2. The summed E-state index contributed by atoms with van der Waals surface area (Å²) < 4.78 is 0. The number of likely N-dealkylation sites (tertiary alicyclic amines) is 1. The highest BCUT2D eigenvalue weighted by Crippen LogP contribution is 2.28. The van der Waals surface area contributed by atoms with Crippen molar-refractivity contribution in [3.63, 3.8) is 0 Å². The molecule has 0 bridgehead atoms. The average molecular weight is 301 g/mol. The highest BCUT2D eigenvalue weighted by Gasteiger charge is 2.35. The average Bonchev–Trinajstić information content (AvgIpc) is 3.04. The molecule has 2 aliphatic rings. The van der Waals surface area contributed by atoms with Crippen molar-refractivity contribution in [2.24, 2.45) is 11.8 Å². The minimum Gasteiger partial charge on any atom is -0.302 e. The Labute approximate surface area is 135 Å². The summed E-state index contributed by atoms with van der Waals surface area (Å²) in [5.41, 5.74) is 8.41. The third-order valence-corrected chi connectivity index (χ3v) is 5.62. The van der Waals surface area contributed by atoms with Gasteiger partial charge >= 0.3 is 0 Å². The van der Waals surface area contributed by atoms with Crippen LogP contribution in [-0.2, 0) is 0 Å². The van der Waals surface area contributed by atoms with Crippen molar-refractivity contribution in [1.82, 2.24) is 15.8 Å². The molecule has 4 unspecified atom stereocenters. The molecule has 22 heavy (non-hydrogen) atoms. The maximum Gasteiger partial charge on any atom is 0.0294 e. The molecule has 0 spiro atoms. The Balaban J connectivity index is 1.56. The zero-order valence-electron chi connectivity index (χ0n) is 14.1. The van der Waals surface area contributed by atoms with Crippen LogP contribution in [0.5, 0.6) is 0 Å². The van der Waals surface area contributed by atoms with Crippen molar-refractivity contribution in [2.45, 2.75) is 45.1 Å². The van der Waals surface area contributed by atoms with Crippen molar-refractivity contribution < 1.29 is 0 Å². The lowest BCUT2D eigenvalue weighted by Crippen LogP contribution is -2.47. The zero-order valence-corrected chi connectivity index (χ0v) is 14.1. The van der Waals surface area contributed by atoms with Gasteiger partial charge in [-0.25, -0.2) is 0 Å². The van der Waals surface area contributed by atoms with Gasteiger partial charge in [0.15, 0.2) is 0 Å². The van der Waals surface area contributed by atoms with E-state index >= 15 is 0 Å². The lowest BCUT2D eigenvalue weighted by atomic mass is 9.83. The van der Waals surface area contributed by atoms with Gasteiger partial charge in [-0.1, -0.05) is 50.6 Å². The minimum atomic E-state index is 0.622. The second-order valence-corrected chi connectivity index (χ2v) is 7.19. The Morgan fingerprint density at radius 1 is 1.27 bits per heavy atom. The predicted molar refractivity (Wildman–Crippen MR) is 92.7 cm³/mol. The zero-order chi connectivity index (χ0) is 15.4. The first-order chi connectivity index (χ1) is 10.8. The highest BCUT2D eigenvalue weighted by atomic mass is 15.4. The molecule has 0 saturated carbocycles. The van der Waals surface area contributed by atoms with Gasteiger partial charge in [-0.05, 0) is 42.7 Å². The van der Waals surface area contributed by atoms with Crippen LogP contribution in [0.2, 0.25) is 0 Å². The minimum absolute atomic E-state index is 0.622. The number of nitrogens with zero attached hydrogens (tertiary/aromatic N) is 1. The van der Waals surface area contributed by atoms with Crippen LogP contribution >= 0.6 is 0 Å². The summed E-state index contributed by atoms with van der Waals surface area (Å²) in [4.78, 5) is 2.69. The van der Waals surface area contributed by atoms with Crippen LogP contribution in [0.1, 0.15) is 44.6 Å². The normalized spacial score (nSPS) is 31.3. The molecule has 2 aliphatic heterocycles. The Hall–Kier alpha value is -0.900. The number of benzene rings is 1. The van der Waals surface area contributed by atoms with Gasteiger partial charge in [0.1, 0.15) is 0 Å². The molecule has 0 radical (unpaired) electrons. The molecule has 2 fully saturated rings. The van der Waals surface area contributed by atoms with Gasteiger partial charge < -0.3 is 4.90 Å². The Morgan fingerprint density at radius 2 is 2.09 bits per heavy atom. The van der Waals surface area contributed by atoms with E-state index in [0.29, 0.717) is 12.0 Å². The van der Waals surface area contributed by atoms with Crippen LogP contribution in [-0.4, -0.2) is 37.1 Å². The molecule has 122 valence electrons. The Kier molecular flexibility index (Phi) is 5.51. The molecular formula is C19H31N3. The summed E-state index contributed by atoms with van der Waals surface area (Å²) in [6, 6.07) is 11.6. The molecule has 0 aliphatic carbocycles. The Bertz CT molecular complexity index is 447. The summed E-state index contributed by atoms with van der Waals surface area (Å²) in [6.45, 7) is 9.54. The quantitative estimate of drug-likeness (QED) is 0.875. The van der Waals surface area contributed by atoms with Crippen LogP contribution in [0, 0.1) is 11.8 Å². The van der Waals surface area contributed by atoms with E-state index in [1.165, 1.54) is 44.5 Å². The molecule has 1 aromatic rings. The predicted octanol–water partition coefficient (Wildman–Crippen LogP) is 3.00. The second-order valence-electron chi connectivity index (χ2n) is 7.19. The van der Waals surface area contributed by atoms with Gasteiger partial charge in [0, 0.05) is 25.7 Å². The molecule has 0 amide bonds. The molecule has 2 saturated heterocycles. The van der Waals surface area contributed by atoms with Gasteiger partial charge in [-0.2, -0.15) is 0 Å². The fourth-order valence-electron chi connectivity index (χ4n) is 4.28. The van der Waals surface area contributed by atoms with Crippen LogP contribution in [0.15, 0.2) is 30.3 Å². The lowest BCUT2D eigenvalue weighted by Gasteiger charge is -2.38. The fourth-order valence-corrected chi connectivity index (χ4v) is 4.28. The van der Waals surface area contributed by atoms with E-state index in [2.05, 4.69) is 59.9 Å². The maximum atomic E-state index is 3.56. The van der Waals surface area contributed by atoms with Crippen molar-refractivity contribution >= 4 is 0 Å². The van der Waals surface area contributed by atoms with Crippen molar-refractivity contribution in [2.75, 3.05) is 26.2 Å². The number of hydrogen-bond acceptors (Lipinski definition) is 3. The first-order valence-electron chi connectivity index (χ1n) is 9.03. The van der Waals surface area contributed by atoms with Gasteiger partial charge in [0.2, 0.25) is 0 Å². The number of hydrazine groups is 1. The summed E-state index contributed by atoms with van der Waals surface area (Å²) in [5, 5.41) is 0. The standard InChI is InChI=1S/C19H31N3/c1-3-16-12-20-21-19(16)18-10-7-11-22(14-18)13-15(2)17-8-5-4-6-9-17/h4-6,8-9,15-16,18-21H,3,7,10-14H2,1-2H3. The summed E-state index contributed by atoms with van der Waals surface area (Å²) in [6.07, 6.45) is 4.01. The second kappa shape index (κ2) is 7.58. The lowest BCUT2D eigenvalue weighted by molar-refractivity contribution is 0.132. The first-order valence-corrected chi connectivity index (χ1v) is 9.03. The SMILES string of the molecule is CCC1CNNC1C1CCCN(CC(C)c2ccccc2)C1. The topological polar surface area (TPSA) is 27.3 Å². The van der Waals surface area contributed by atoms with Crippen molar-refractivity contribution in [3.05, 3.63) is 35.9 Å². The summed E-state index contributed by atoms with van der Waals surface area (Å²) >= 11 is 0. The first kappa shape index (κ1) is 16.0. The molecule has 3 heteroatoms.